The lowest BCUT2D eigenvalue weighted by Crippen LogP contribution is -2.46. The van der Waals surface area contributed by atoms with E-state index >= 15 is 0 Å². The molecule has 33 heavy (non-hydrogen) atoms. The van der Waals surface area contributed by atoms with Gasteiger partial charge in [-0.25, -0.2) is 4.98 Å². The minimum Gasteiger partial charge on any atom is -0.394 e. The quantitative estimate of drug-likeness (QED) is 0.440. The Labute approximate surface area is 201 Å². The molecule has 2 fully saturated rings. The molecule has 2 aliphatic rings. The van der Waals surface area contributed by atoms with Gasteiger partial charge in [-0.3, -0.25) is 9.58 Å². The molecule has 3 aromatic rings. The van der Waals surface area contributed by atoms with Crippen molar-refractivity contribution in [2.45, 2.75) is 44.3 Å². The van der Waals surface area contributed by atoms with Gasteiger partial charge in [-0.15, -0.1) is 0 Å². The van der Waals surface area contributed by atoms with Gasteiger partial charge in [-0.1, -0.05) is 15.9 Å². The van der Waals surface area contributed by atoms with Crippen LogP contribution in [0, 0.1) is 0 Å². The molecule has 1 aliphatic carbocycles. The lowest BCUT2D eigenvalue weighted by Gasteiger charge is -2.39. The van der Waals surface area contributed by atoms with Crippen LogP contribution in [0.3, 0.4) is 0 Å². The number of fused-ring (bicyclic) bond motifs is 1. The van der Waals surface area contributed by atoms with Gasteiger partial charge in [0.25, 0.3) is 0 Å². The van der Waals surface area contributed by atoms with E-state index in [1.807, 2.05) is 18.3 Å². The van der Waals surface area contributed by atoms with Crippen molar-refractivity contribution >= 4 is 44.3 Å². The predicted octanol–water partition coefficient (Wildman–Crippen LogP) is 3.38. The molecule has 0 spiro atoms. The van der Waals surface area contributed by atoms with E-state index in [-0.39, 0.29) is 6.61 Å². The van der Waals surface area contributed by atoms with Gasteiger partial charge in [0.1, 0.15) is 5.82 Å². The molecular formula is C23H30BrN7O2. The van der Waals surface area contributed by atoms with Crippen molar-refractivity contribution in [1.82, 2.24) is 24.6 Å². The summed E-state index contributed by atoms with van der Waals surface area (Å²) in [5.41, 5.74) is 1.67. The maximum absolute atomic E-state index is 9.12. The fourth-order valence-electron chi connectivity index (χ4n) is 4.77. The Morgan fingerprint density at radius 1 is 1.12 bits per heavy atom. The monoisotopic (exact) mass is 515 g/mol. The number of nitrogens with one attached hydrogen (secondary N) is 2. The lowest BCUT2D eigenvalue weighted by atomic mass is 9.90. The maximum atomic E-state index is 9.12. The van der Waals surface area contributed by atoms with E-state index < -0.39 is 0 Å². The minimum atomic E-state index is 0.0460. The topological polar surface area (TPSA) is 100 Å². The summed E-state index contributed by atoms with van der Waals surface area (Å²) in [5, 5.41) is 21.3. The molecule has 3 heterocycles. The number of hydrogen-bond acceptors (Lipinski definition) is 8. The van der Waals surface area contributed by atoms with E-state index in [0.29, 0.717) is 24.6 Å². The van der Waals surface area contributed by atoms with Crippen LogP contribution in [0.1, 0.15) is 25.7 Å². The van der Waals surface area contributed by atoms with Crippen LogP contribution in [0.5, 0.6) is 0 Å². The summed E-state index contributed by atoms with van der Waals surface area (Å²) < 4.78 is 8.20. The van der Waals surface area contributed by atoms with E-state index in [9.17, 15) is 0 Å². The number of anilines is 3. The first kappa shape index (κ1) is 22.5. The first-order valence-electron chi connectivity index (χ1n) is 11.6. The summed E-state index contributed by atoms with van der Waals surface area (Å²) >= 11 is 3.59. The zero-order valence-corrected chi connectivity index (χ0v) is 20.2. The third kappa shape index (κ3) is 5.46. The molecule has 0 unspecified atom stereocenters. The molecule has 0 radical (unpaired) electrons. The maximum Gasteiger partial charge on any atom is 0.229 e. The van der Waals surface area contributed by atoms with Crippen LogP contribution in [0.4, 0.5) is 17.5 Å². The Morgan fingerprint density at radius 2 is 1.94 bits per heavy atom. The number of hydrogen-bond donors (Lipinski definition) is 3. The van der Waals surface area contributed by atoms with Gasteiger partial charge in [0.05, 0.1) is 43.8 Å². The molecule has 1 saturated carbocycles. The predicted molar refractivity (Wildman–Crippen MR) is 132 cm³/mol. The summed E-state index contributed by atoms with van der Waals surface area (Å²) in [6, 6.07) is 7.12. The number of benzene rings is 1. The summed E-state index contributed by atoms with van der Waals surface area (Å²) in [4.78, 5) is 12.1. The number of aliphatic hydroxyl groups excluding tert-OH is 1. The fraction of sp³-hybridized carbons (Fsp3) is 0.522. The Balaban J connectivity index is 1.32. The van der Waals surface area contributed by atoms with Crippen molar-refractivity contribution in [3.8, 4) is 0 Å². The molecule has 3 N–H and O–H groups in total. The highest BCUT2D eigenvalue weighted by molar-refractivity contribution is 9.10. The van der Waals surface area contributed by atoms with Gasteiger partial charge in [-0.05, 0) is 43.9 Å². The average Bonchev–Trinajstić information content (AvgIpc) is 3.27. The number of aliphatic hydroxyl groups is 1. The number of rotatable bonds is 7. The molecule has 1 saturated heterocycles. The van der Waals surface area contributed by atoms with Crippen molar-refractivity contribution in [1.29, 1.82) is 0 Å². The zero-order chi connectivity index (χ0) is 22.6. The largest absolute Gasteiger partial charge is 0.394 e. The van der Waals surface area contributed by atoms with Crippen LogP contribution in [0.15, 0.2) is 35.1 Å². The summed E-state index contributed by atoms with van der Waals surface area (Å²) in [5.74, 6) is 1.37. The van der Waals surface area contributed by atoms with E-state index in [1.54, 1.807) is 10.9 Å². The second-order valence-electron chi connectivity index (χ2n) is 8.70. The van der Waals surface area contributed by atoms with Crippen molar-refractivity contribution in [3.05, 3.63) is 35.1 Å². The second-order valence-corrected chi connectivity index (χ2v) is 9.61. The smallest absolute Gasteiger partial charge is 0.229 e. The van der Waals surface area contributed by atoms with Crippen molar-refractivity contribution in [2.75, 3.05) is 43.5 Å². The number of nitrogens with zero attached hydrogens (tertiary/aromatic N) is 5. The van der Waals surface area contributed by atoms with Crippen LogP contribution in [-0.2, 0) is 11.3 Å². The number of halogens is 1. The second kappa shape index (κ2) is 10.3. The van der Waals surface area contributed by atoms with E-state index in [2.05, 4.69) is 42.6 Å². The zero-order valence-electron chi connectivity index (χ0n) is 18.6. The standard InChI is InChI=1S/C23H30BrN7O2/c24-16-1-6-21-20(13-16)22(29-23(28-21)27-18-14-25-31(15-18)7-10-32)26-17-2-4-19(5-3-17)30-8-11-33-12-9-30/h1,6,13-15,17,19,32H,2-5,7-12H2,(H2,26,27,28,29). The molecule has 0 atom stereocenters. The molecule has 2 aromatic heterocycles. The Hall–Kier alpha value is -2.27. The van der Waals surface area contributed by atoms with Crippen LogP contribution in [-0.4, -0.2) is 74.7 Å². The van der Waals surface area contributed by atoms with Gasteiger partial charge in [0.15, 0.2) is 0 Å². The Kier molecular flexibility index (Phi) is 7.05. The number of aromatic nitrogens is 4. The first-order chi connectivity index (χ1) is 16.2. The van der Waals surface area contributed by atoms with Crippen molar-refractivity contribution in [2.24, 2.45) is 0 Å². The van der Waals surface area contributed by atoms with Crippen molar-refractivity contribution < 1.29 is 9.84 Å². The average molecular weight is 516 g/mol. The van der Waals surface area contributed by atoms with Crippen LogP contribution in [0.25, 0.3) is 10.9 Å². The molecule has 1 aliphatic heterocycles. The highest BCUT2D eigenvalue weighted by atomic mass is 79.9. The van der Waals surface area contributed by atoms with Gasteiger partial charge < -0.3 is 20.5 Å². The van der Waals surface area contributed by atoms with Crippen LogP contribution in [0.2, 0.25) is 0 Å². The van der Waals surface area contributed by atoms with Gasteiger partial charge >= 0.3 is 0 Å². The molecule has 10 heteroatoms. The van der Waals surface area contributed by atoms with Crippen molar-refractivity contribution in [3.63, 3.8) is 0 Å². The number of ether oxygens (including phenoxy) is 1. The van der Waals surface area contributed by atoms with Crippen LogP contribution >= 0.6 is 15.9 Å². The third-order valence-electron chi connectivity index (χ3n) is 6.48. The minimum absolute atomic E-state index is 0.0460. The third-order valence-corrected chi connectivity index (χ3v) is 6.97. The molecule has 5 rings (SSSR count). The van der Waals surface area contributed by atoms with E-state index in [1.165, 1.54) is 12.8 Å². The van der Waals surface area contributed by atoms with Gasteiger partial charge in [0, 0.05) is 41.2 Å². The van der Waals surface area contributed by atoms with E-state index in [4.69, 9.17) is 19.8 Å². The molecular weight excluding hydrogens is 486 g/mol. The number of morpholine rings is 1. The van der Waals surface area contributed by atoms with E-state index in [0.717, 1.165) is 66.0 Å². The SMILES string of the molecule is OCCn1cc(Nc2nc(NC3CCC(N4CCOCC4)CC3)c3cc(Br)ccc3n2)cn1. The fourth-order valence-corrected chi connectivity index (χ4v) is 5.13. The molecule has 0 amide bonds. The Morgan fingerprint density at radius 3 is 2.73 bits per heavy atom. The molecule has 1 aromatic carbocycles. The Bertz CT molecular complexity index is 1080. The summed E-state index contributed by atoms with van der Waals surface area (Å²) in [6.45, 7) is 4.32. The van der Waals surface area contributed by atoms with Gasteiger partial charge in [-0.2, -0.15) is 10.1 Å². The highest BCUT2D eigenvalue weighted by Gasteiger charge is 2.27. The van der Waals surface area contributed by atoms with Crippen LogP contribution < -0.4 is 10.6 Å². The molecule has 176 valence electrons. The first-order valence-corrected chi connectivity index (χ1v) is 12.4. The van der Waals surface area contributed by atoms with Gasteiger partial charge in [0.2, 0.25) is 5.95 Å². The summed E-state index contributed by atoms with van der Waals surface area (Å²) in [7, 11) is 0. The normalized spacial score (nSPS) is 21.9. The lowest BCUT2D eigenvalue weighted by molar-refractivity contribution is 0.00791. The summed E-state index contributed by atoms with van der Waals surface area (Å²) in [6.07, 6.45) is 8.19. The molecule has 9 nitrogen and oxygen atoms in total. The highest BCUT2D eigenvalue weighted by Crippen LogP contribution is 2.30. The molecule has 0 bridgehead atoms.